The summed E-state index contributed by atoms with van der Waals surface area (Å²) >= 11 is 0. The minimum atomic E-state index is 0.715. The molecule has 1 aromatic heterocycles. The second-order valence-electron chi connectivity index (χ2n) is 3.38. The van der Waals surface area contributed by atoms with Crippen LogP contribution in [0.25, 0.3) is 10.9 Å². The van der Waals surface area contributed by atoms with E-state index in [4.69, 9.17) is 5.73 Å². The van der Waals surface area contributed by atoms with Gasteiger partial charge in [0.1, 0.15) is 0 Å². The van der Waals surface area contributed by atoms with Crippen LogP contribution in [0.5, 0.6) is 0 Å². The van der Waals surface area contributed by atoms with Crippen LogP contribution >= 0.6 is 0 Å². The fourth-order valence-corrected chi connectivity index (χ4v) is 1.68. The molecule has 0 atom stereocenters. The third-order valence-electron chi connectivity index (χ3n) is 2.42. The Kier molecular flexibility index (Phi) is 2.07. The van der Waals surface area contributed by atoms with E-state index in [9.17, 15) is 0 Å². The summed E-state index contributed by atoms with van der Waals surface area (Å²) in [5.74, 6) is 0. The summed E-state index contributed by atoms with van der Waals surface area (Å²) in [4.78, 5) is 3.20. The Morgan fingerprint density at radius 1 is 1.38 bits per heavy atom. The highest BCUT2D eigenvalue weighted by Gasteiger charge is 2.00. The van der Waals surface area contributed by atoms with E-state index in [1.807, 2.05) is 6.20 Å². The highest BCUT2D eigenvalue weighted by Crippen LogP contribution is 2.18. The van der Waals surface area contributed by atoms with E-state index < -0.39 is 0 Å². The summed E-state index contributed by atoms with van der Waals surface area (Å²) in [5.41, 5.74) is 9.42. The maximum absolute atomic E-state index is 5.54. The standard InChI is InChI=1S/C11H14N2/c1-8-6-10-3-5-13-11(10)7-9(8)2-4-12/h3,5-7,13H,2,4,12H2,1H3. The molecular formula is C11H14N2. The first-order chi connectivity index (χ1) is 6.31. The van der Waals surface area contributed by atoms with Gasteiger partial charge in [0.15, 0.2) is 0 Å². The maximum Gasteiger partial charge on any atom is 0.0456 e. The predicted octanol–water partition coefficient (Wildman–Crippen LogP) is 1.98. The molecule has 0 spiro atoms. The molecule has 1 aromatic carbocycles. The molecule has 68 valence electrons. The Morgan fingerprint density at radius 3 is 3.00 bits per heavy atom. The van der Waals surface area contributed by atoms with Crippen LogP contribution in [0.3, 0.4) is 0 Å². The molecule has 1 heterocycles. The molecule has 3 N–H and O–H groups in total. The first-order valence-electron chi connectivity index (χ1n) is 4.58. The quantitative estimate of drug-likeness (QED) is 0.718. The van der Waals surface area contributed by atoms with Gasteiger partial charge in [0.2, 0.25) is 0 Å². The monoisotopic (exact) mass is 174 g/mol. The lowest BCUT2D eigenvalue weighted by Gasteiger charge is -2.04. The number of aryl methyl sites for hydroxylation is 1. The van der Waals surface area contributed by atoms with E-state index in [2.05, 4.69) is 30.1 Å². The van der Waals surface area contributed by atoms with Crippen LogP contribution in [-0.2, 0) is 6.42 Å². The van der Waals surface area contributed by atoms with Crippen molar-refractivity contribution < 1.29 is 0 Å². The molecule has 0 radical (unpaired) electrons. The number of hydrogen-bond donors (Lipinski definition) is 2. The van der Waals surface area contributed by atoms with Crippen LogP contribution < -0.4 is 5.73 Å². The van der Waals surface area contributed by atoms with Crippen molar-refractivity contribution in [2.45, 2.75) is 13.3 Å². The van der Waals surface area contributed by atoms with Crippen molar-refractivity contribution in [3.8, 4) is 0 Å². The van der Waals surface area contributed by atoms with Crippen molar-refractivity contribution in [1.29, 1.82) is 0 Å². The molecule has 0 amide bonds. The molecule has 13 heavy (non-hydrogen) atoms. The van der Waals surface area contributed by atoms with Gasteiger partial charge in [0.05, 0.1) is 0 Å². The summed E-state index contributed by atoms with van der Waals surface area (Å²) in [6, 6.07) is 6.49. The van der Waals surface area contributed by atoms with Crippen LogP contribution in [0.15, 0.2) is 24.4 Å². The third kappa shape index (κ3) is 1.45. The summed E-state index contributed by atoms with van der Waals surface area (Å²) in [6.07, 6.45) is 2.93. The Balaban J connectivity index is 2.56. The average molecular weight is 174 g/mol. The molecule has 2 rings (SSSR count). The van der Waals surface area contributed by atoms with Gasteiger partial charge in [0, 0.05) is 11.7 Å². The molecule has 0 fully saturated rings. The Hall–Kier alpha value is -1.28. The lowest BCUT2D eigenvalue weighted by molar-refractivity contribution is 0.960. The zero-order chi connectivity index (χ0) is 9.26. The molecule has 0 saturated carbocycles. The normalized spacial score (nSPS) is 10.9. The smallest absolute Gasteiger partial charge is 0.0456 e. The molecule has 2 nitrogen and oxygen atoms in total. The van der Waals surface area contributed by atoms with Crippen LogP contribution in [0.1, 0.15) is 11.1 Å². The van der Waals surface area contributed by atoms with Crippen LogP contribution in [0, 0.1) is 6.92 Å². The van der Waals surface area contributed by atoms with Gasteiger partial charge in [0.25, 0.3) is 0 Å². The van der Waals surface area contributed by atoms with Gasteiger partial charge in [-0.25, -0.2) is 0 Å². The van der Waals surface area contributed by atoms with Crippen molar-refractivity contribution in [3.63, 3.8) is 0 Å². The highest BCUT2D eigenvalue weighted by molar-refractivity contribution is 5.81. The maximum atomic E-state index is 5.54. The van der Waals surface area contributed by atoms with E-state index in [1.54, 1.807) is 0 Å². The van der Waals surface area contributed by atoms with Gasteiger partial charge >= 0.3 is 0 Å². The van der Waals surface area contributed by atoms with Gasteiger partial charge in [-0.2, -0.15) is 0 Å². The van der Waals surface area contributed by atoms with Crippen LogP contribution in [0.4, 0.5) is 0 Å². The van der Waals surface area contributed by atoms with Crippen molar-refractivity contribution in [3.05, 3.63) is 35.5 Å². The minimum absolute atomic E-state index is 0.715. The number of H-pyrrole nitrogens is 1. The van der Waals surface area contributed by atoms with Crippen molar-refractivity contribution in [1.82, 2.24) is 4.98 Å². The van der Waals surface area contributed by atoms with E-state index in [0.717, 1.165) is 6.42 Å². The second kappa shape index (κ2) is 3.23. The SMILES string of the molecule is Cc1cc2cc[nH]c2cc1CCN. The lowest BCUT2D eigenvalue weighted by atomic mass is 10.0. The van der Waals surface area contributed by atoms with Gasteiger partial charge in [-0.1, -0.05) is 0 Å². The first-order valence-corrected chi connectivity index (χ1v) is 4.58. The summed E-state index contributed by atoms with van der Waals surface area (Å²) < 4.78 is 0. The van der Waals surface area contributed by atoms with E-state index in [1.165, 1.54) is 22.0 Å². The lowest BCUT2D eigenvalue weighted by Crippen LogP contribution is -2.03. The zero-order valence-corrected chi connectivity index (χ0v) is 7.80. The Bertz CT molecular complexity index is 415. The molecule has 2 heteroatoms. The highest BCUT2D eigenvalue weighted by atomic mass is 14.7. The molecule has 0 unspecified atom stereocenters. The van der Waals surface area contributed by atoms with Gasteiger partial charge in [-0.3, -0.25) is 0 Å². The van der Waals surface area contributed by atoms with Crippen molar-refractivity contribution >= 4 is 10.9 Å². The Labute approximate surface area is 77.8 Å². The molecule has 0 aliphatic heterocycles. The fraction of sp³-hybridized carbons (Fsp3) is 0.273. The number of aromatic amines is 1. The summed E-state index contributed by atoms with van der Waals surface area (Å²) in [6.45, 7) is 2.85. The number of benzene rings is 1. The molecular weight excluding hydrogens is 160 g/mol. The largest absolute Gasteiger partial charge is 0.361 e. The summed E-state index contributed by atoms with van der Waals surface area (Å²) in [5, 5.41) is 1.28. The fourth-order valence-electron chi connectivity index (χ4n) is 1.68. The summed E-state index contributed by atoms with van der Waals surface area (Å²) in [7, 11) is 0. The number of rotatable bonds is 2. The molecule has 0 aliphatic rings. The molecule has 0 aliphatic carbocycles. The van der Waals surface area contributed by atoms with Gasteiger partial charge in [-0.05, 0) is 54.6 Å². The number of hydrogen-bond acceptors (Lipinski definition) is 1. The number of nitrogens with one attached hydrogen (secondary N) is 1. The van der Waals surface area contributed by atoms with Crippen molar-refractivity contribution in [2.24, 2.45) is 5.73 Å². The molecule has 0 bridgehead atoms. The van der Waals surface area contributed by atoms with Gasteiger partial charge in [-0.15, -0.1) is 0 Å². The van der Waals surface area contributed by atoms with Gasteiger partial charge < -0.3 is 10.7 Å². The third-order valence-corrected chi connectivity index (χ3v) is 2.42. The van der Waals surface area contributed by atoms with E-state index >= 15 is 0 Å². The number of aromatic nitrogens is 1. The van der Waals surface area contributed by atoms with E-state index in [-0.39, 0.29) is 0 Å². The average Bonchev–Trinajstić information content (AvgIpc) is 2.52. The van der Waals surface area contributed by atoms with Crippen molar-refractivity contribution in [2.75, 3.05) is 6.54 Å². The molecule has 2 aromatic rings. The first kappa shape index (κ1) is 8.32. The Morgan fingerprint density at radius 2 is 2.23 bits per heavy atom. The van der Waals surface area contributed by atoms with Crippen LogP contribution in [-0.4, -0.2) is 11.5 Å². The van der Waals surface area contributed by atoms with Crippen LogP contribution in [0.2, 0.25) is 0 Å². The predicted molar refractivity (Wildman–Crippen MR) is 55.8 cm³/mol. The second-order valence-corrected chi connectivity index (χ2v) is 3.38. The van der Waals surface area contributed by atoms with E-state index in [0.29, 0.717) is 6.54 Å². The molecule has 0 saturated heterocycles. The minimum Gasteiger partial charge on any atom is -0.361 e. The topological polar surface area (TPSA) is 41.8 Å². The zero-order valence-electron chi connectivity index (χ0n) is 7.80. The number of fused-ring (bicyclic) bond motifs is 1. The number of nitrogens with two attached hydrogens (primary N) is 1.